The van der Waals surface area contributed by atoms with E-state index >= 15 is 0 Å². The van der Waals surface area contributed by atoms with Crippen LogP contribution in [0.25, 0.3) is 89.0 Å². The molecule has 11 aromatic carbocycles. The van der Waals surface area contributed by atoms with Gasteiger partial charge in [0.05, 0.1) is 0 Å². The van der Waals surface area contributed by atoms with Crippen LogP contribution in [0, 0.1) is 0 Å². The summed E-state index contributed by atoms with van der Waals surface area (Å²) < 4.78 is 0. The Labute approximate surface area is 615 Å². The highest BCUT2D eigenvalue weighted by atomic mass is 14.5. The molecule has 0 amide bonds. The number of benzene rings is 11. The van der Waals surface area contributed by atoms with Crippen LogP contribution < -0.4 is 0 Å². The molecular weight excluding hydrogens is 1230 g/mol. The first-order valence-corrected chi connectivity index (χ1v) is 39.1. The van der Waals surface area contributed by atoms with E-state index in [2.05, 4.69) is 354 Å². The van der Waals surface area contributed by atoms with Crippen LogP contribution in [0.15, 0.2) is 237 Å². The fourth-order valence-electron chi connectivity index (χ4n) is 18.0. The first-order chi connectivity index (χ1) is 48.8. The third-order valence-electron chi connectivity index (χ3n) is 24.1. The van der Waals surface area contributed by atoms with Crippen molar-refractivity contribution in [2.75, 3.05) is 0 Å². The van der Waals surface area contributed by atoms with Gasteiger partial charge < -0.3 is 0 Å². The van der Waals surface area contributed by atoms with Gasteiger partial charge in [-0.3, -0.25) is 0 Å². The molecule has 0 heterocycles. The highest BCUT2D eigenvalue weighted by Gasteiger charge is 2.45. The van der Waals surface area contributed by atoms with Crippen molar-refractivity contribution in [2.24, 2.45) is 0 Å². The zero-order chi connectivity index (χ0) is 72.2. The zero-order valence-corrected chi connectivity index (χ0v) is 65.0. The first-order valence-electron chi connectivity index (χ1n) is 39.1. The third-order valence-corrected chi connectivity index (χ3v) is 24.1. The molecule has 11 aromatic rings. The van der Waals surface area contributed by atoms with Gasteiger partial charge in [-0.05, 0) is 222 Å². The van der Waals surface area contributed by atoms with Crippen molar-refractivity contribution in [3.05, 3.63) is 298 Å². The lowest BCUT2D eigenvalue weighted by Crippen LogP contribution is -2.26. The Morgan fingerprint density at radius 1 is 0.216 bits per heavy atom. The summed E-state index contributed by atoms with van der Waals surface area (Å²) in [6, 6.07) is 90.5. The molecule has 0 radical (unpaired) electrons. The van der Waals surface area contributed by atoms with E-state index < -0.39 is 0 Å². The predicted molar refractivity (Wildman–Crippen MR) is 443 cm³/mol. The second kappa shape index (κ2) is 28.2. The van der Waals surface area contributed by atoms with Gasteiger partial charge in [-0.15, -0.1) is 0 Å². The Hall–Kier alpha value is -8.58. The summed E-state index contributed by atoms with van der Waals surface area (Å²) in [6.07, 6.45) is 14.8. The predicted octanol–water partition coefficient (Wildman–Crippen LogP) is 29.5. The molecule has 0 spiro atoms. The second-order valence-corrected chi connectivity index (χ2v) is 34.8. The minimum absolute atomic E-state index is 0.0348. The summed E-state index contributed by atoms with van der Waals surface area (Å²) in [5.41, 5.74) is 38.9. The maximum Gasteiger partial charge on any atom is 0.0215 e. The Kier molecular flexibility index (Phi) is 19.9. The number of hydrogen-bond donors (Lipinski definition) is 0. The molecular formula is C102H114. The molecule has 4 aliphatic carbocycles. The van der Waals surface area contributed by atoms with Crippen LogP contribution in [0.4, 0.5) is 0 Å². The van der Waals surface area contributed by atoms with Gasteiger partial charge in [0.1, 0.15) is 0 Å². The molecule has 0 heteroatoms. The van der Waals surface area contributed by atoms with E-state index in [0.717, 1.165) is 0 Å². The lowest BCUT2D eigenvalue weighted by atomic mass is 9.69. The zero-order valence-electron chi connectivity index (χ0n) is 65.0. The van der Waals surface area contributed by atoms with Gasteiger partial charge in [0, 0.05) is 21.7 Å². The Bertz CT molecular complexity index is 4790. The van der Waals surface area contributed by atoms with Gasteiger partial charge in [-0.25, -0.2) is 0 Å². The SMILES string of the molecule is CC(C)(C)c1cc(-c2ccc3c(c2)C(C)(C)c2ccccc2-3)cc(C(C)(C)C)c1.CC1(C)c2ccccc2-c2ccc(-c3ccccc3)cc21.CCCCC1(CCCC)c2ccccc2-c2ccc(-c3ccc4c(c3)C(CCCC)(CCCC)c3cc(-c5ccc(C(C)(C)C)cc5)ccc3-4)cc21. The van der Waals surface area contributed by atoms with Gasteiger partial charge in [0.15, 0.2) is 0 Å². The Morgan fingerprint density at radius 2 is 0.480 bits per heavy atom. The Morgan fingerprint density at radius 3 is 0.843 bits per heavy atom. The highest BCUT2D eigenvalue weighted by Crippen LogP contribution is 2.59. The molecule has 4 aliphatic rings. The molecule has 0 saturated carbocycles. The fourth-order valence-corrected chi connectivity index (χ4v) is 18.0. The molecule has 0 aromatic heterocycles. The van der Waals surface area contributed by atoms with Crippen LogP contribution in [0.2, 0.25) is 0 Å². The van der Waals surface area contributed by atoms with Crippen LogP contribution in [0.3, 0.4) is 0 Å². The molecule has 0 fully saturated rings. The lowest BCUT2D eigenvalue weighted by Gasteiger charge is -2.33. The quantitative estimate of drug-likeness (QED) is 0.0904. The summed E-state index contributed by atoms with van der Waals surface area (Å²) in [5.74, 6) is 0. The molecule has 0 saturated heterocycles. The minimum atomic E-state index is 0.0348. The summed E-state index contributed by atoms with van der Waals surface area (Å²) in [4.78, 5) is 0. The lowest BCUT2D eigenvalue weighted by molar-refractivity contribution is 0.414. The smallest absolute Gasteiger partial charge is 0.0215 e. The monoisotopic (exact) mass is 1340 g/mol. The molecule has 0 unspecified atom stereocenters. The largest absolute Gasteiger partial charge is 0.0654 e. The van der Waals surface area contributed by atoms with Crippen molar-refractivity contribution in [3.8, 4) is 89.0 Å². The second-order valence-electron chi connectivity index (χ2n) is 34.8. The van der Waals surface area contributed by atoms with Gasteiger partial charge in [-0.1, -0.05) is 375 Å². The third kappa shape index (κ3) is 13.3. The van der Waals surface area contributed by atoms with Crippen LogP contribution in [-0.4, -0.2) is 0 Å². The standard InChI is InChI=1S/C52H62.C29H34.C21H18/c1-8-12-30-51(31-13-9-2)46-19-17-16-18-42(46)43-28-23-39(35-47(43)51)40-24-29-45-44-27-22-38(37-20-25-41(26-21-37)50(5,6)7)34-48(44)52(32-14-10-3,33-15-11-4)49(45)36-40;1-27(2,3)21-15-20(16-22(18-21)28(4,5)6)19-13-14-24-23-11-9-10-12-25(23)29(7,8)26(24)17-19;1-21(2)19-11-7-6-10-17(19)18-13-12-16(14-20(18)21)15-8-4-3-5-9-15/h16-29,34-36H,8-15,30-33H2,1-7H3;9-18H,1-8H3;3-14H,1-2H3. The van der Waals surface area contributed by atoms with Gasteiger partial charge >= 0.3 is 0 Å². The van der Waals surface area contributed by atoms with E-state index in [9.17, 15) is 0 Å². The van der Waals surface area contributed by atoms with Crippen LogP contribution in [-0.2, 0) is 37.9 Å². The van der Waals surface area contributed by atoms with E-state index in [1.165, 1.54) is 205 Å². The van der Waals surface area contributed by atoms with Crippen molar-refractivity contribution in [3.63, 3.8) is 0 Å². The topological polar surface area (TPSA) is 0 Å². The maximum absolute atomic E-state index is 2.63. The van der Waals surface area contributed by atoms with Crippen LogP contribution >= 0.6 is 0 Å². The van der Waals surface area contributed by atoms with E-state index in [-0.39, 0.29) is 37.9 Å². The first kappa shape index (κ1) is 71.8. The van der Waals surface area contributed by atoms with Crippen molar-refractivity contribution in [1.82, 2.24) is 0 Å². The van der Waals surface area contributed by atoms with E-state index in [1.807, 2.05) is 0 Å². The van der Waals surface area contributed by atoms with Crippen molar-refractivity contribution >= 4 is 0 Å². The number of hydrogen-bond acceptors (Lipinski definition) is 0. The Balaban J connectivity index is 0.000000154. The summed E-state index contributed by atoms with van der Waals surface area (Å²) in [5, 5.41) is 0. The molecule has 0 N–H and O–H groups in total. The maximum atomic E-state index is 2.63. The van der Waals surface area contributed by atoms with Crippen molar-refractivity contribution < 1.29 is 0 Å². The van der Waals surface area contributed by atoms with E-state index in [1.54, 1.807) is 22.3 Å². The number of fused-ring (bicyclic) bond motifs is 12. The summed E-state index contributed by atoms with van der Waals surface area (Å²) >= 11 is 0. The normalized spacial score (nSPS) is 14.9. The van der Waals surface area contributed by atoms with Gasteiger partial charge in [-0.2, -0.15) is 0 Å². The van der Waals surface area contributed by atoms with Crippen molar-refractivity contribution in [1.29, 1.82) is 0 Å². The van der Waals surface area contributed by atoms with Gasteiger partial charge in [0.2, 0.25) is 0 Å². The molecule has 15 rings (SSSR count). The molecule has 522 valence electrons. The number of rotatable bonds is 16. The average molecular weight is 1340 g/mol. The summed E-state index contributed by atoms with van der Waals surface area (Å²) in [6.45, 7) is 39.5. The van der Waals surface area contributed by atoms with Gasteiger partial charge in [0.25, 0.3) is 0 Å². The fraction of sp³-hybridized carbons (Fsp3) is 0.353. The average Bonchev–Trinajstić information content (AvgIpc) is 1.57. The molecule has 0 aliphatic heterocycles. The molecule has 102 heavy (non-hydrogen) atoms. The molecule has 0 atom stereocenters. The molecule has 0 nitrogen and oxygen atoms in total. The van der Waals surface area contributed by atoms with E-state index in [4.69, 9.17) is 0 Å². The van der Waals surface area contributed by atoms with Crippen LogP contribution in [0.5, 0.6) is 0 Å². The number of unbranched alkanes of at least 4 members (excludes halogenated alkanes) is 4. The minimum Gasteiger partial charge on any atom is -0.0654 e. The summed E-state index contributed by atoms with van der Waals surface area (Å²) in [7, 11) is 0. The van der Waals surface area contributed by atoms with E-state index in [0.29, 0.717) is 0 Å². The van der Waals surface area contributed by atoms with Crippen LogP contribution in [0.1, 0.15) is 256 Å². The van der Waals surface area contributed by atoms with Crippen molar-refractivity contribution in [2.45, 2.75) is 233 Å². The highest BCUT2D eigenvalue weighted by molar-refractivity contribution is 5.90. The molecule has 0 bridgehead atoms.